The van der Waals surface area contributed by atoms with Crippen LogP contribution in [0.4, 0.5) is 10.6 Å². The van der Waals surface area contributed by atoms with Crippen molar-refractivity contribution >= 4 is 17.8 Å². The Hall–Kier alpha value is -2.15. The number of hydrogen-bond donors (Lipinski definition) is 0. The number of aromatic nitrogens is 1. The fourth-order valence-corrected chi connectivity index (χ4v) is 6.62. The smallest absolute Gasteiger partial charge is 0.409 e. The van der Waals surface area contributed by atoms with Gasteiger partial charge in [-0.15, -0.1) is 0 Å². The van der Waals surface area contributed by atoms with E-state index in [2.05, 4.69) is 15.9 Å². The molecule has 1 spiro atoms. The van der Waals surface area contributed by atoms with E-state index < -0.39 is 0 Å². The van der Waals surface area contributed by atoms with Crippen LogP contribution >= 0.6 is 0 Å². The van der Waals surface area contributed by atoms with Crippen molar-refractivity contribution in [2.45, 2.75) is 76.2 Å². The van der Waals surface area contributed by atoms with Crippen LogP contribution in [0.5, 0.6) is 0 Å². The molecule has 1 aliphatic carbocycles. The first-order chi connectivity index (χ1) is 16.1. The predicted molar refractivity (Wildman–Crippen MR) is 127 cm³/mol. The van der Waals surface area contributed by atoms with Gasteiger partial charge in [0.15, 0.2) is 0 Å². The van der Waals surface area contributed by atoms with Crippen molar-refractivity contribution in [2.24, 2.45) is 5.92 Å². The van der Waals surface area contributed by atoms with Crippen LogP contribution in [0.25, 0.3) is 0 Å². The number of likely N-dealkylation sites (tertiary alicyclic amines) is 2. The minimum absolute atomic E-state index is 0.0560. The number of fused-ring (bicyclic) bond motifs is 2. The summed E-state index contributed by atoms with van der Waals surface area (Å²) in [6.45, 7) is 7.04. The molecule has 1 aromatic heterocycles. The number of nitrogens with zero attached hydrogens (tertiary/aromatic N) is 4. The lowest BCUT2D eigenvalue weighted by atomic mass is 9.68. The molecular formula is C26H38N4O3. The second kappa shape index (κ2) is 9.61. The lowest BCUT2D eigenvalue weighted by molar-refractivity contribution is -0.121. The first kappa shape index (κ1) is 22.6. The zero-order chi connectivity index (χ0) is 22.8. The van der Waals surface area contributed by atoms with Gasteiger partial charge in [-0.25, -0.2) is 9.78 Å². The maximum Gasteiger partial charge on any atom is 0.409 e. The molecule has 0 radical (unpaired) electrons. The van der Waals surface area contributed by atoms with Gasteiger partial charge in [0.1, 0.15) is 5.82 Å². The van der Waals surface area contributed by atoms with Gasteiger partial charge < -0.3 is 14.5 Å². The van der Waals surface area contributed by atoms with Crippen molar-refractivity contribution in [1.82, 2.24) is 14.8 Å². The second-order valence-corrected chi connectivity index (χ2v) is 10.5. The molecule has 2 saturated heterocycles. The minimum Gasteiger partial charge on any atom is -0.450 e. The molecule has 0 atom stereocenters. The quantitative estimate of drug-likeness (QED) is 0.689. The van der Waals surface area contributed by atoms with Crippen LogP contribution in [0.1, 0.15) is 70.3 Å². The molecule has 3 fully saturated rings. The van der Waals surface area contributed by atoms with Crippen LogP contribution in [0.3, 0.4) is 0 Å². The number of ether oxygens (including phenoxy) is 1. The van der Waals surface area contributed by atoms with Gasteiger partial charge in [-0.3, -0.25) is 9.69 Å². The van der Waals surface area contributed by atoms with E-state index in [1.54, 1.807) is 0 Å². The summed E-state index contributed by atoms with van der Waals surface area (Å²) >= 11 is 0. The standard InChI is InChI=1S/C26H38N4O3/c1-2-33-25(32)29-14-9-20(10-15-29)19-28-16-11-26(12-17-28)18-23(31)30(21-6-3-4-7-21)24-22(26)8-5-13-27-24/h5,8,13,20-21H,2-4,6-7,9-12,14-19H2,1H3. The lowest BCUT2D eigenvalue weighted by Gasteiger charge is -2.48. The minimum atomic E-state index is -0.170. The molecule has 4 aliphatic rings. The fourth-order valence-electron chi connectivity index (χ4n) is 6.62. The number of piperidine rings is 2. The average Bonchev–Trinajstić information content (AvgIpc) is 3.36. The van der Waals surface area contributed by atoms with Gasteiger partial charge in [-0.05, 0) is 70.5 Å². The third-order valence-electron chi connectivity index (χ3n) is 8.50. The molecule has 1 saturated carbocycles. The molecule has 3 aliphatic heterocycles. The first-order valence-corrected chi connectivity index (χ1v) is 13.0. The van der Waals surface area contributed by atoms with E-state index in [4.69, 9.17) is 9.72 Å². The third kappa shape index (κ3) is 4.48. The van der Waals surface area contributed by atoms with E-state index in [9.17, 15) is 9.59 Å². The highest BCUT2D eigenvalue weighted by molar-refractivity contribution is 5.97. The fraction of sp³-hybridized carbons (Fsp3) is 0.731. The molecule has 0 unspecified atom stereocenters. The third-order valence-corrected chi connectivity index (χ3v) is 8.50. The summed E-state index contributed by atoms with van der Waals surface area (Å²) < 4.78 is 5.15. The number of hydrogen-bond acceptors (Lipinski definition) is 5. The molecule has 1 aromatic rings. The van der Waals surface area contributed by atoms with Crippen LogP contribution in [0.15, 0.2) is 18.3 Å². The summed E-state index contributed by atoms with van der Waals surface area (Å²) in [5, 5.41) is 0. The van der Waals surface area contributed by atoms with Gasteiger partial charge in [0, 0.05) is 49.3 Å². The Morgan fingerprint density at radius 1 is 1.12 bits per heavy atom. The van der Waals surface area contributed by atoms with Crippen molar-refractivity contribution in [3.8, 4) is 0 Å². The molecule has 0 N–H and O–H groups in total. The van der Waals surface area contributed by atoms with Crippen LogP contribution < -0.4 is 4.90 Å². The van der Waals surface area contributed by atoms with E-state index in [1.165, 1.54) is 18.4 Å². The Labute approximate surface area is 197 Å². The summed E-state index contributed by atoms with van der Waals surface area (Å²) in [7, 11) is 0. The summed E-state index contributed by atoms with van der Waals surface area (Å²) in [4.78, 5) is 36.6. The maximum absolute atomic E-state index is 13.4. The first-order valence-electron chi connectivity index (χ1n) is 13.0. The average molecular weight is 455 g/mol. The monoisotopic (exact) mass is 454 g/mol. The highest BCUT2D eigenvalue weighted by Crippen LogP contribution is 2.47. The molecule has 0 bridgehead atoms. The molecule has 5 rings (SSSR count). The Bertz CT molecular complexity index is 853. The number of carbonyl (C=O) groups is 2. The van der Waals surface area contributed by atoms with Crippen LogP contribution in [0.2, 0.25) is 0 Å². The summed E-state index contributed by atoms with van der Waals surface area (Å²) in [6.07, 6.45) is 11.1. The van der Waals surface area contributed by atoms with Crippen molar-refractivity contribution < 1.29 is 14.3 Å². The molecule has 33 heavy (non-hydrogen) atoms. The SMILES string of the molecule is CCOC(=O)N1CCC(CN2CCC3(CC2)CC(=O)N(C2CCCC2)c2ncccc23)CC1. The van der Waals surface area contributed by atoms with Crippen LogP contribution in [-0.4, -0.2) is 72.2 Å². The van der Waals surface area contributed by atoms with Crippen molar-refractivity contribution in [3.63, 3.8) is 0 Å². The molecule has 0 aromatic carbocycles. The van der Waals surface area contributed by atoms with Gasteiger partial charge in [-0.1, -0.05) is 18.9 Å². The van der Waals surface area contributed by atoms with E-state index >= 15 is 0 Å². The van der Waals surface area contributed by atoms with E-state index in [-0.39, 0.29) is 17.4 Å². The highest BCUT2D eigenvalue weighted by Gasteiger charge is 2.47. The van der Waals surface area contributed by atoms with E-state index in [1.807, 2.05) is 24.1 Å². The predicted octanol–water partition coefficient (Wildman–Crippen LogP) is 3.96. The van der Waals surface area contributed by atoms with Crippen molar-refractivity contribution in [3.05, 3.63) is 23.9 Å². The summed E-state index contributed by atoms with van der Waals surface area (Å²) in [5.74, 6) is 1.86. The topological polar surface area (TPSA) is 66.0 Å². The van der Waals surface area contributed by atoms with Gasteiger partial charge in [0.25, 0.3) is 0 Å². The number of amides is 2. The van der Waals surface area contributed by atoms with E-state index in [0.717, 1.165) is 77.1 Å². The van der Waals surface area contributed by atoms with Crippen molar-refractivity contribution in [2.75, 3.05) is 44.2 Å². The zero-order valence-electron chi connectivity index (χ0n) is 20.0. The Morgan fingerprint density at radius 2 is 1.85 bits per heavy atom. The van der Waals surface area contributed by atoms with Gasteiger partial charge in [-0.2, -0.15) is 0 Å². The van der Waals surface area contributed by atoms with Crippen molar-refractivity contribution in [1.29, 1.82) is 0 Å². The number of rotatable bonds is 4. The van der Waals surface area contributed by atoms with Gasteiger partial charge in [0.05, 0.1) is 6.61 Å². The normalized spacial score (nSPS) is 24.3. The van der Waals surface area contributed by atoms with Crippen LogP contribution in [-0.2, 0) is 14.9 Å². The van der Waals surface area contributed by atoms with Gasteiger partial charge >= 0.3 is 6.09 Å². The number of carbonyl (C=O) groups excluding carboxylic acids is 2. The Morgan fingerprint density at radius 3 is 2.55 bits per heavy atom. The van der Waals surface area contributed by atoms with Crippen LogP contribution in [0, 0.1) is 5.92 Å². The molecule has 2 amide bonds. The zero-order valence-corrected chi connectivity index (χ0v) is 20.0. The molecule has 4 heterocycles. The number of anilines is 1. The lowest BCUT2D eigenvalue weighted by Crippen LogP contribution is -2.53. The molecule has 7 nitrogen and oxygen atoms in total. The largest absolute Gasteiger partial charge is 0.450 e. The van der Waals surface area contributed by atoms with Gasteiger partial charge in [0.2, 0.25) is 5.91 Å². The maximum atomic E-state index is 13.4. The summed E-state index contributed by atoms with van der Waals surface area (Å²) in [6, 6.07) is 4.62. The summed E-state index contributed by atoms with van der Waals surface area (Å²) in [5.41, 5.74) is 1.25. The Kier molecular flexibility index (Phi) is 6.59. The Balaban J connectivity index is 1.21. The second-order valence-electron chi connectivity index (χ2n) is 10.5. The molecule has 7 heteroatoms. The molecule has 180 valence electrons. The molecular weight excluding hydrogens is 416 g/mol. The highest BCUT2D eigenvalue weighted by atomic mass is 16.6. The van der Waals surface area contributed by atoms with E-state index in [0.29, 0.717) is 25.0 Å². The number of pyridine rings is 1.